The number of rotatable bonds is 4. The number of thiocarbonyl (C=S) groups is 1. The van der Waals surface area contributed by atoms with Crippen molar-refractivity contribution in [2.24, 2.45) is 0 Å². The lowest BCUT2D eigenvalue weighted by Crippen LogP contribution is -2.51. The van der Waals surface area contributed by atoms with E-state index in [1.165, 1.54) is 0 Å². The molecule has 1 amide bonds. The van der Waals surface area contributed by atoms with Gasteiger partial charge in [0.05, 0.1) is 0 Å². The first-order valence-corrected chi connectivity index (χ1v) is 7.81. The number of benzene rings is 1. The molecular formula is C16H25N3O2S. The van der Waals surface area contributed by atoms with Crippen LogP contribution in [0.15, 0.2) is 30.3 Å². The fourth-order valence-corrected chi connectivity index (χ4v) is 1.92. The quantitative estimate of drug-likeness (QED) is 0.658. The van der Waals surface area contributed by atoms with Crippen molar-refractivity contribution < 1.29 is 9.53 Å². The lowest BCUT2D eigenvalue weighted by Gasteiger charge is -2.28. The molecule has 0 aliphatic heterocycles. The van der Waals surface area contributed by atoms with Crippen LogP contribution in [0, 0.1) is 0 Å². The van der Waals surface area contributed by atoms with Gasteiger partial charge in [-0.15, -0.1) is 0 Å². The summed E-state index contributed by atoms with van der Waals surface area (Å²) in [5.74, 6) is 0. The van der Waals surface area contributed by atoms with Gasteiger partial charge in [-0.2, -0.15) is 0 Å². The molecule has 2 N–H and O–H groups in total. The zero-order chi connectivity index (χ0) is 16.6. The highest BCUT2D eigenvalue weighted by Gasteiger charge is 2.19. The highest BCUT2D eigenvalue weighted by Crippen LogP contribution is 2.07. The summed E-state index contributed by atoms with van der Waals surface area (Å²) in [6, 6.07) is 9.95. The monoisotopic (exact) mass is 323 g/mol. The van der Waals surface area contributed by atoms with E-state index in [2.05, 4.69) is 10.7 Å². The number of nitrogens with zero attached hydrogens (tertiary/aromatic N) is 1. The summed E-state index contributed by atoms with van der Waals surface area (Å²) in [5.41, 5.74) is 3.26. The molecule has 0 unspecified atom stereocenters. The minimum absolute atomic E-state index is 0.469. The second-order valence-corrected chi connectivity index (χ2v) is 6.30. The Kier molecular flexibility index (Phi) is 7.11. The minimum atomic E-state index is -0.541. The van der Waals surface area contributed by atoms with E-state index in [0.29, 0.717) is 18.2 Å². The van der Waals surface area contributed by atoms with Crippen LogP contribution in [0.1, 0.15) is 39.7 Å². The molecule has 5 nitrogen and oxygen atoms in total. The van der Waals surface area contributed by atoms with Crippen LogP contribution < -0.4 is 10.7 Å². The Morgan fingerprint density at radius 3 is 2.45 bits per heavy atom. The van der Waals surface area contributed by atoms with Gasteiger partial charge in [-0.1, -0.05) is 37.3 Å². The van der Waals surface area contributed by atoms with Gasteiger partial charge < -0.3 is 10.1 Å². The Morgan fingerprint density at radius 2 is 1.91 bits per heavy atom. The molecule has 1 aromatic rings. The second kappa shape index (κ2) is 8.58. The van der Waals surface area contributed by atoms with E-state index in [-0.39, 0.29) is 0 Å². The summed E-state index contributed by atoms with van der Waals surface area (Å²) < 4.78 is 5.25. The van der Waals surface area contributed by atoms with E-state index in [1.54, 1.807) is 5.01 Å². The predicted molar refractivity (Wildman–Crippen MR) is 92.2 cm³/mol. The fourth-order valence-electron chi connectivity index (χ4n) is 1.71. The number of carbonyl (C=O) groups is 1. The Morgan fingerprint density at radius 1 is 1.27 bits per heavy atom. The third kappa shape index (κ3) is 7.26. The van der Waals surface area contributed by atoms with E-state index in [9.17, 15) is 4.79 Å². The van der Waals surface area contributed by atoms with Gasteiger partial charge in [-0.05, 0) is 45.0 Å². The summed E-state index contributed by atoms with van der Waals surface area (Å²) >= 11 is 5.34. The number of amides is 1. The largest absolute Gasteiger partial charge is 0.443 e. The smallest absolute Gasteiger partial charge is 0.426 e. The summed E-state index contributed by atoms with van der Waals surface area (Å²) in [6.07, 6.45) is 0.341. The van der Waals surface area contributed by atoms with Crippen molar-refractivity contribution >= 4 is 23.4 Å². The van der Waals surface area contributed by atoms with Gasteiger partial charge in [-0.3, -0.25) is 5.01 Å². The number of carbonyl (C=O) groups excluding carboxylic acids is 1. The molecule has 1 aromatic carbocycles. The fraction of sp³-hybridized carbons (Fsp3) is 0.500. The first kappa shape index (κ1) is 18.2. The van der Waals surface area contributed by atoms with Gasteiger partial charge in [0.1, 0.15) is 5.60 Å². The Labute approximate surface area is 138 Å². The van der Waals surface area contributed by atoms with E-state index in [4.69, 9.17) is 17.0 Å². The molecule has 0 fully saturated rings. The van der Waals surface area contributed by atoms with Gasteiger partial charge in [-0.25, -0.2) is 10.2 Å². The van der Waals surface area contributed by atoms with E-state index in [1.807, 2.05) is 58.0 Å². The number of hydrogen-bond donors (Lipinski definition) is 2. The number of hydrazine groups is 1. The van der Waals surface area contributed by atoms with Crippen LogP contribution in [-0.2, 0) is 11.3 Å². The first-order chi connectivity index (χ1) is 10.3. The molecule has 0 aromatic heterocycles. The van der Waals surface area contributed by atoms with Gasteiger partial charge >= 0.3 is 6.09 Å². The number of nitrogens with one attached hydrogen (secondary N) is 2. The first-order valence-electron chi connectivity index (χ1n) is 7.40. The van der Waals surface area contributed by atoms with Crippen LogP contribution in [0.3, 0.4) is 0 Å². The maximum atomic E-state index is 11.9. The minimum Gasteiger partial charge on any atom is -0.443 e. The van der Waals surface area contributed by atoms with Crippen LogP contribution in [0.2, 0.25) is 0 Å². The molecule has 22 heavy (non-hydrogen) atoms. The zero-order valence-corrected chi connectivity index (χ0v) is 14.5. The Hall–Kier alpha value is -1.82. The average molecular weight is 323 g/mol. The van der Waals surface area contributed by atoms with Gasteiger partial charge in [0, 0.05) is 13.1 Å². The van der Waals surface area contributed by atoms with Gasteiger partial charge in [0.15, 0.2) is 5.11 Å². The topological polar surface area (TPSA) is 53.6 Å². The molecular weight excluding hydrogens is 298 g/mol. The van der Waals surface area contributed by atoms with Crippen molar-refractivity contribution in [2.75, 3.05) is 6.54 Å². The molecule has 0 aliphatic rings. The molecule has 0 heterocycles. The zero-order valence-electron chi connectivity index (χ0n) is 13.7. The number of ether oxygens (including phenoxy) is 1. The van der Waals surface area contributed by atoms with Crippen LogP contribution in [0.25, 0.3) is 0 Å². The van der Waals surface area contributed by atoms with Gasteiger partial charge in [0.2, 0.25) is 0 Å². The van der Waals surface area contributed by atoms with Crippen LogP contribution in [0.4, 0.5) is 4.79 Å². The Balaban J connectivity index is 2.54. The summed E-state index contributed by atoms with van der Waals surface area (Å²) in [5, 5.41) is 5.21. The molecule has 1 rings (SSSR count). The highest BCUT2D eigenvalue weighted by molar-refractivity contribution is 7.80. The van der Waals surface area contributed by atoms with Crippen LogP contribution in [-0.4, -0.2) is 28.4 Å². The van der Waals surface area contributed by atoms with E-state index in [0.717, 1.165) is 12.0 Å². The molecule has 0 bridgehead atoms. The molecule has 0 atom stereocenters. The molecule has 0 saturated carbocycles. The third-order valence-corrected chi connectivity index (χ3v) is 2.97. The summed E-state index contributed by atoms with van der Waals surface area (Å²) in [4.78, 5) is 11.9. The van der Waals surface area contributed by atoms with Crippen molar-refractivity contribution in [3.63, 3.8) is 0 Å². The molecule has 0 saturated heterocycles. The average Bonchev–Trinajstić information content (AvgIpc) is 2.43. The van der Waals surface area contributed by atoms with Gasteiger partial charge in [0.25, 0.3) is 0 Å². The highest BCUT2D eigenvalue weighted by atomic mass is 32.1. The maximum Gasteiger partial charge on any atom is 0.426 e. The SMILES string of the molecule is CCCN(NC(=O)OC(C)(C)C)C(=S)NCc1ccccc1. The van der Waals surface area contributed by atoms with Crippen molar-refractivity contribution in [1.29, 1.82) is 0 Å². The standard InChI is InChI=1S/C16H25N3O2S/c1-5-11-19(18-15(20)21-16(2,3)4)14(22)17-12-13-9-7-6-8-10-13/h6-10H,5,11-12H2,1-4H3,(H,17,22)(H,18,20). The van der Waals surface area contributed by atoms with Crippen molar-refractivity contribution in [2.45, 2.75) is 46.3 Å². The van der Waals surface area contributed by atoms with Crippen LogP contribution >= 0.6 is 12.2 Å². The number of hydrogen-bond acceptors (Lipinski definition) is 3. The lowest BCUT2D eigenvalue weighted by molar-refractivity contribution is 0.0415. The van der Waals surface area contributed by atoms with Crippen molar-refractivity contribution in [3.8, 4) is 0 Å². The molecule has 6 heteroatoms. The van der Waals surface area contributed by atoms with Crippen LogP contribution in [0.5, 0.6) is 0 Å². The Bertz CT molecular complexity index is 486. The molecule has 0 radical (unpaired) electrons. The predicted octanol–water partition coefficient (Wildman–Crippen LogP) is 3.21. The molecule has 122 valence electrons. The maximum absolute atomic E-state index is 11.9. The second-order valence-electron chi connectivity index (χ2n) is 5.91. The normalized spacial score (nSPS) is 10.7. The van der Waals surface area contributed by atoms with Crippen molar-refractivity contribution in [1.82, 2.24) is 15.8 Å². The summed E-state index contributed by atoms with van der Waals surface area (Å²) in [7, 11) is 0. The van der Waals surface area contributed by atoms with Crippen molar-refractivity contribution in [3.05, 3.63) is 35.9 Å². The van der Waals surface area contributed by atoms with E-state index >= 15 is 0 Å². The lowest BCUT2D eigenvalue weighted by atomic mass is 10.2. The van der Waals surface area contributed by atoms with E-state index < -0.39 is 11.7 Å². The third-order valence-electron chi connectivity index (χ3n) is 2.60. The summed E-state index contributed by atoms with van der Waals surface area (Å²) in [6.45, 7) is 8.70. The molecule has 0 spiro atoms. The molecule has 0 aliphatic carbocycles.